The molecule has 1 fully saturated rings. The van der Waals surface area contributed by atoms with Gasteiger partial charge in [-0.3, -0.25) is 0 Å². The number of aromatic amines is 1. The number of benzene rings is 1. The first-order chi connectivity index (χ1) is 15.1. The van der Waals surface area contributed by atoms with E-state index < -0.39 is 60.2 Å². The maximum Gasteiger partial charge on any atom is 0.418 e. The monoisotopic (exact) mass is 456 g/mol. The van der Waals surface area contributed by atoms with Gasteiger partial charge in [-0.2, -0.15) is 13.2 Å². The maximum atomic E-state index is 13.9. The quantitative estimate of drug-likeness (QED) is 0.319. The Labute approximate surface area is 177 Å². The van der Waals surface area contributed by atoms with Gasteiger partial charge in [-0.1, -0.05) is 0 Å². The Morgan fingerprint density at radius 2 is 1.88 bits per heavy atom. The molecule has 1 aromatic carbocycles. The number of aromatic nitrogens is 1. The van der Waals surface area contributed by atoms with Gasteiger partial charge in [0.2, 0.25) is 0 Å². The number of hydrogen-bond donors (Lipinski definition) is 6. The van der Waals surface area contributed by atoms with Crippen LogP contribution < -0.4 is 10.9 Å². The molecule has 1 aliphatic heterocycles. The van der Waals surface area contributed by atoms with Crippen molar-refractivity contribution >= 4 is 16.7 Å². The lowest BCUT2D eigenvalue weighted by Gasteiger charge is -2.40. The van der Waals surface area contributed by atoms with Gasteiger partial charge in [0, 0.05) is 23.3 Å². The smallest absolute Gasteiger partial charge is 0.418 e. The molecule has 9 nitrogen and oxygen atoms in total. The van der Waals surface area contributed by atoms with E-state index in [9.17, 15) is 33.3 Å². The fourth-order valence-electron chi connectivity index (χ4n) is 3.76. The van der Waals surface area contributed by atoms with Crippen molar-refractivity contribution in [2.75, 3.05) is 11.9 Å². The second-order valence-electron chi connectivity index (χ2n) is 7.33. The lowest BCUT2D eigenvalue weighted by molar-refractivity contribution is -0.245. The highest BCUT2D eigenvalue weighted by Gasteiger charge is 2.44. The molecule has 4 rings (SSSR count). The second kappa shape index (κ2) is 8.22. The summed E-state index contributed by atoms with van der Waals surface area (Å²) in [7, 11) is 0. The normalized spacial score (nSPS) is 26.4. The summed E-state index contributed by atoms with van der Waals surface area (Å²) < 4.78 is 51.9. The summed E-state index contributed by atoms with van der Waals surface area (Å²) in [6.45, 7) is -0.646. The van der Waals surface area contributed by atoms with E-state index in [2.05, 4.69) is 10.3 Å². The third kappa shape index (κ3) is 3.87. The van der Waals surface area contributed by atoms with E-state index in [1.807, 2.05) is 0 Å². The summed E-state index contributed by atoms with van der Waals surface area (Å²) in [4.78, 5) is 15.0. The molecule has 1 saturated heterocycles. The molecule has 0 saturated carbocycles. The van der Waals surface area contributed by atoms with Gasteiger partial charge < -0.3 is 39.9 Å². The minimum Gasteiger partial charge on any atom is -0.422 e. The molecule has 0 amide bonds. The lowest BCUT2D eigenvalue weighted by Crippen LogP contribution is -2.61. The average Bonchev–Trinajstić information content (AvgIpc) is 3.26. The Morgan fingerprint density at radius 1 is 1.12 bits per heavy atom. The number of anilines is 1. The zero-order valence-corrected chi connectivity index (χ0v) is 16.2. The van der Waals surface area contributed by atoms with Gasteiger partial charge in [-0.05, 0) is 24.3 Å². The number of nitrogens with one attached hydrogen (secondary N) is 2. The van der Waals surface area contributed by atoms with Crippen molar-refractivity contribution < 1.29 is 42.8 Å². The molecule has 3 unspecified atom stereocenters. The van der Waals surface area contributed by atoms with Crippen LogP contribution in [0.4, 0.5) is 18.9 Å². The predicted molar refractivity (Wildman–Crippen MR) is 105 cm³/mol. The van der Waals surface area contributed by atoms with Crippen LogP contribution in [0.1, 0.15) is 5.56 Å². The number of rotatable bonds is 4. The summed E-state index contributed by atoms with van der Waals surface area (Å²) >= 11 is 0. The number of fused-ring (bicyclic) bond motifs is 1. The Balaban J connectivity index is 1.76. The first-order valence-corrected chi connectivity index (χ1v) is 9.50. The number of ether oxygens (including phenoxy) is 1. The summed E-state index contributed by atoms with van der Waals surface area (Å²) in [5, 5.41) is 41.7. The number of halogens is 3. The van der Waals surface area contributed by atoms with Crippen molar-refractivity contribution in [3.63, 3.8) is 0 Å². The molecule has 0 aliphatic carbocycles. The Bertz CT molecular complexity index is 1160. The van der Waals surface area contributed by atoms with Gasteiger partial charge in [0.25, 0.3) is 0 Å². The van der Waals surface area contributed by atoms with Crippen molar-refractivity contribution in [3.8, 4) is 11.3 Å². The summed E-state index contributed by atoms with van der Waals surface area (Å²) in [5.41, 5.74) is -3.36. The molecule has 2 aromatic heterocycles. The molecule has 3 aromatic rings. The van der Waals surface area contributed by atoms with E-state index in [-0.39, 0.29) is 22.4 Å². The first kappa shape index (κ1) is 22.3. The average molecular weight is 456 g/mol. The standard InChI is InChI=1S/C20H19F3N2O7/c21-20(22,23)14-9-4-3-8(25-15-17(28)16(27)12(7-26)32-19(15)30)6-11(9)31-18(29)13(14)10-2-1-5-24-10/h1-6,12,15-17,19,24-28,30H,7H2/t12?,15-,16+,17?,19?/m0/s1. The molecule has 6 N–H and O–H groups in total. The molecule has 0 bridgehead atoms. The fourth-order valence-corrected chi connectivity index (χ4v) is 3.76. The highest BCUT2D eigenvalue weighted by atomic mass is 19.4. The number of H-pyrrole nitrogens is 1. The van der Waals surface area contributed by atoms with Crippen LogP contribution in [0.15, 0.2) is 45.7 Å². The lowest BCUT2D eigenvalue weighted by atomic mass is 9.96. The first-order valence-electron chi connectivity index (χ1n) is 9.50. The maximum absolute atomic E-state index is 13.9. The summed E-state index contributed by atoms with van der Waals surface area (Å²) in [6, 6.07) is 4.92. The number of hydrogen-bond acceptors (Lipinski definition) is 8. The largest absolute Gasteiger partial charge is 0.422 e. The minimum absolute atomic E-state index is 0.0480. The molecule has 12 heteroatoms. The Hall–Kier alpha value is -2.90. The van der Waals surface area contributed by atoms with Crippen molar-refractivity contribution in [2.45, 2.75) is 36.8 Å². The van der Waals surface area contributed by atoms with E-state index in [4.69, 9.17) is 14.3 Å². The Kier molecular flexibility index (Phi) is 5.73. The van der Waals surface area contributed by atoms with Crippen LogP contribution in [0.3, 0.4) is 0 Å². The van der Waals surface area contributed by atoms with Gasteiger partial charge >= 0.3 is 11.8 Å². The molecule has 3 heterocycles. The fraction of sp³-hybridized carbons (Fsp3) is 0.350. The van der Waals surface area contributed by atoms with Crippen LogP contribution in [0.5, 0.6) is 0 Å². The van der Waals surface area contributed by atoms with Crippen molar-refractivity contribution in [1.82, 2.24) is 4.98 Å². The van der Waals surface area contributed by atoms with Gasteiger partial charge in [-0.25, -0.2) is 4.79 Å². The zero-order valence-electron chi connectivity index (χ0n) is 16.2. The minimum atomic E-state index is -4.86. The summed E-state index contributed by atoms with van der Waals surface area (Å²) in [6.07, 6.45) is -9.44. The van der Waals surface area contributed by atoms with E-state index in [1.54, 1.807) is 0 Å². The van der Waals surface area contributed by atoms with Crippen LogP contribution in [0.2, 0.25) is 0 Å². The van der Waals surface area contributed by atoms with E-state index in [0.717, 1.165) is 12.1 Å². The highest BCUT2D eigenvalue weighted by Crippen LogP contribution is 2.40. The molecular weight excluding hydrogens is 437 g/mol. The molecule has 1 aliphatic rings. The van der Waals surface area contributed by atoms with Gasteiger partial charge in [0.05, 0.1) is 23.4 Å². The SMILES string of the molecule is O=c1oc2cc(N[C@@H]3C(O)OC(CO)[C@@H](O)C3O)ccc2c(C(F)(F)F)c1-c1ccc[nH]1. The van der Waals surface area contributed by atoms with Gasteiger partial charge in [-0.15, -0.1) is 0 Å². The highest BCUT2D eigenvalue weighted by molar-refractivity contribution is 5.89. The van der Waals surface area contributed by atoms with Crippen LogP contribution in [-0.4, -0.2) is 62.7 Å². The van der Waals surface area contributed by atoms with Crippen LogP contribution >= 0.6 is 0 Å². The second-order valence-corrected chi connectivity index (χ2v) is 7.33. The molecular formula is C20H19F3N2O7. The van der Waals surface area contributed by atoms with Gasteiger partial charge in [0.1, 0.15) is 29.9 Å². The van der Waals surface area contributed by atoms with E-state index in [0.29, 0.717) is 0 Å². The molecule has 5 atom stereocenters. The number of aliphatic hydroxyl groups excluding tert-OH is 4. The molecule has 0 radical (unpaired) electrons. The van der Waals surface area contributed by atoms with E-state index >= 15 is 0 Å². The van der Waals surface area contributed by atoms with Crippen LogP contribution in [-0.2, 0) is 10.9 Å². The van der Waals surface area contributed by atoms with Crippen molar-refractivity contribution in [1.29, 1.82) is 0 Å². The molecule has 0 spiro atoms. The van der Waals surface area contributed by atoms with E-state index in [1.165, 1.54) is 24.4 Å². The van der Waals surface area contributed by atoms with Crippen molar-refractivity contribution in [3.05, 3.63) is 52.5 Å². The topological polar surface area (TPSA) is 148 Å². The third-order valence-corrected chi connectivity index (χ3v) is 5.29. The Morgan fingerprint density at radius 3 is 2.50 bits per heavy atom. The number of aliphatic hydroxyl groups is 4. The van der Waals surface area contributed by atoms with Crippen LogP contribution in [0.25, 0.3) is 22.2 Å². The van der Waals surface area contributed by atoms with Crippen molar-refractivity contribution in [2.24, 2.45) is 0 Å². The molecule has 172 valence electrons. The zero-order chi connectivity index (χ0) is 23.2. The summed E-state index contributed by atoms with van der Waals surface area (Å²) in [5.74, 6) is 0. The number of alkyl halides is 3. The third-order valence-electron chi connectivity index (χ3n) is 5.29. The van der Waals surface area contributed by atoms with Gasteiger partial charge in [0.15, 0.2) is 6.29 Å². The van der Waals surface area contributed by atoms with Crippen LogP contribution in [0, 0.1) is 0 Å². The predicted octanol–water partition coefficient (Wildman–Crippen LogP) is 1.02. The molecule has 32 heavy (non-hydrogen) atoms.